The average Bonchev–Trinajstić information content (AvgIpc) is 3.00. The molecular formula is C24H24FN3O4S. The molecule has 172 valence electrons. The third-order valence-electron chi connectivity index (χ3n) is 5.57. The monoisotopic (exact) mass is 469 g/mol. The number of fused-ring (bicyclic) bond motifs is 1. The number of ether oxygens (including phenoxy) is 1. The van der Waals surface area contributed by atoms with Gasteiger partial charge in [0.05, 0.1) is 29.3 Å². The minimum absolute atomic E-state index is 0.194. The molecule has 1 fully saturated rings. The number of para-hydroxylation sites is 1. The molecule has 1 saturated heterocycles. The number of thioether (sulfide) groups is 1. The summed E-state index contributed by atoms with van der Waals surface area (Å²) in [4.78, 5) is 45.4. The lowest BCUT2D eigenvalue weighted by atomic mass is 10.2. The summed E-state index contributed by atoms with van der Waals surface area (Å²) in [6.45, 7) is 0.920. The molecule has 1 aliphatic heterocycles. The fraction of sp³-hybridized carbons (Fsp3) is 0.333. The Morgan fingerprint density at radius 2 is 1.91 bits per heavy atom. The summed E-state index contributed by atoms with van der Waals surface area (Å²) in [5, 5.41) is 0.349. The molecule has 1 aromatic heterocycles. The van der Waals surface area contributed by atoms with Crippen LogP contribution in [0.5, 0.6) is 0 Å². The fourth-order valence-corrected chi connectivity index (χ4v) is 5.03. The summed E-state index contributed by atoms with van der Waals surface area (Å²) < 4.78 is 20.0. The molecule has 4 rings (SSSR count). The van der Waals surface area contributed by atoms with E-state index < -0.39 is 17.0 Å². The Hall–Kier alpha value is -3.04. The molecule has 0 N–H and O–H groups in total. The number of likely N-dealkylation sites (tertiary alicyclic amines) is 1. The van der Waals surface area contributed by atoms with E-state index in [-0.39, 0.29) is 17.0 Å². The Morgan fingerprint density at radius 1 is 1.15 bits per heavy atom. The molecule has 1 atom stereocenters. The SMILES string of the molecule is COCCn1c(S[C@H]2CCCCN(C(=O)c3ccc(F)cc3)C2=O)nc2ccccc2c1=O. The number of methoxy groups -OCH3 is 1. The van der Waals surface area contributed by atoms with Crippen LogP contribution in [0.15, 0.2) is 58.5 Å². The molecule has 9 heteroatoms. The molecule has 2 heterocycles. The first-order valence-corrected chi connectivity index (χ1v) is 11.6. The molecule has 2 amide bonds. The Labute approximate surface area is 194 Å². The molecule has 0 unspecified atom stereocenters. The van der Waals surface area contributed by atoms with E-state index in [2.05, 4.69) is 4.98 Å². The molecular weight excluding hydrogens is 445 g/mol. The van der Waals surface area contributed by atoms with Crippen LogP contribution in [0.3, 0.4) is 0 Å². The van der Waals surface area contributed by atoms with Gasteiger partial charge in [-0.15, -0.1) is 0 Å². The number of hydrogen-bond acceptors (Lipinski definition) is 6. The zero-order valence-electron chi connectivity index (χ0n) is 18.2. The van der Waals surface area contributed by atoms with Gasteiger partial charge in [0.1, 0.15) is 5.82 Å². The Bertz CT molecular complexity index is 1230. The van der Waals surface area contributed by atoms with Gasteiger partial charge in [-0.3, -0.25) is 23.9 Å². The third-order valence-corrected chi connectivity index (χ3v) is 6.81. The van der Waals surface area contributed by atoms with Crippen LogP contribution >= 0.6 is 11.8 Å². The first kappa shape index (κ1) is 23.1. The van der Waals surface area contributed by atoms with E-state index in [1.165, 1.54) is 45.5 Å². The summed E-state index contributed by atoms with van der Waals surface area (Å²) >= 11 is 1.20. The van der Waals surface area contributed by atoms with Crippen molar-refractivity contribution in [1.29, 1.82) is 0 Å². The van der Waals surface area contributed by atoms with Crippen LogP contribution in [0.2, 0.25) is 0 Å². The predicted molar refractivity (Wildman–Crippen MR) is 124 cm³/mol. The second-order valence-electron chi connectivity index (χ2n) is 7.77. The van der Waals surface area contributed by atoms with Crippen LogP contribution in [0.4, 0.5) is 4.39 Å². The van der Waals surface area contributed by atoms with Crippen molar-refractivity contribution in [3.8, 4) is 0 Å². The van der Waals surface area contributed by atoms with Crippen molar-refractivity contribution in [2.24, 2.45) is 0 Å². The van der Waals surface area contributed by atoms with Gasteiger partial charge in [0.15, 0.2) is 5.16 Å². The van der Waals surface area contributed by atoms with Crippen molar-refractivity contribution < 1.29 is 18.7 Å². The lowest BCUT2D eigenvalue weighted by Crippen LogP contribution is -2.41. The van der Waals surface area contributed by atoms with E-state index in [1.54, 1.807) is 25.3 Å². The Kier molecular flexibility index (Phi) is 7.20. The number of carbonyl (C=O) groups is 2. The molecule has 0 spiro atoms. The molecule has 7 nitrogen and oxygen atoms in total. The highest BCUT2D eigenvalue weighted by Crippen LogP contribution is 2.30. The maximum absolute atomic E-state index is 13.4. The average molecular weight is 470 g/mol. The smallest absolute Gasteiger partial charge is 0.262 e. The summed E-state index contributed by atoms with van der Waals surface area (Å²) in [5.41, 5.74) is 0.621. The van der Waals surface area contributed by atoms with Crippen LogP contribution in [0.25, 0.3) is 10.9 Å². The number of carbonyl (C=O) groups excluding carboxylic acids is 2. The molecule has 0 saturated carbocycles. The molecule has 33 heavy (non-hydrogen) atoms. The lowest BCUT2D eigenvalue weighted by Gasteiger charge is -2.23. The van der Waals surface area contributed by atoms with E-state index in [0.717, 1.165) is 6.42 Å². The van der Waals surface area contributed by atoms with Crippen molar-refractivity contribution in [3.05, 3.63) is 70.3 Å². The maximum Gasteiger partial charge on any atom is 0.262 e. The topological polar surface area (TPSA) is 81.5 Å². The summed E-state index contributed by atoms with van der Waals surface area (Å²) in [6.07, 6.45) is 1.99. The highest BCUT2D eigenvalue weighted by Gasteiger charge is 2.33. The summed E-state index contributed by atoms with van der Waals surface area (Å²) in [6, 6.07) is 12.2. The Balaban J connectivity index is 1.66. The number of benzene rings is 2. The van der Waals surface area contributed by atoms with Crippen molar-refractivity contribution in [2.75, 3.05) is 20.3 Å². The third kappa shape index (κ3) is 4.99. The number of halogens is 1. The van der Waals surface area contributed by atoms with Gasteiger partial charge in [-0.2, -0.15) is 0 Å². The maximum atomic E-state index is 13.4. The van der Waals surface area contributed by atoms with Gasteiger partial charge in [0.2, 0.25) is 5.91 Å². The zero-order chi connectivity index (χ0) is 23.4. The van der Waals surface area contributed by atoms with E-state index in [9.17, 15) is 18.8 Å². The standard InChI is InChI=1S/C24H24FN3O4S/c1-32-15-14-28-22(30)18-6-2-3-7-19(18)26-24(28)33-20-8-4-5-13-27(23(20)31)21(29)16-9-11-17(25)12-10-16/h2-3,6-7,9-12,20H,4-5,8,13-15H2,1H3/t20-/m0/s1. The zero-order valence-corrected chi connectivity index (χ0v) is 19.0. The van der Waals surface area contributed by atoms with Crippen LogP contribution in [-0.4, -0.2) is 51.8 Å². The van der Waals surface area contributed by atoms with Crippen LogP contribution in [0.1, 0.15) is 29.6 Å². The molecule has 1 aliphatic rings. The highest BCUT2D eigenvalue weighted by molar-refractivity contribution is 8.00. The van der Waals surface area contributed by atoms with Gasteiger partial charge in [0, 0.05) is 19.2 Å². The minimum atomic E-state index is -0.571. The van der Waals surface area contributed by atoms with Crippen molar-refractivity contribution >= 4 is 34.5 Å². The van der Waals surface area contributed by atoms with Crippen molar-refractivity contribution in [2.45, 2.75) is 36.2 Å². The Morgan fingerprint density at radius 3 is 2.67 bits per heavy atom. The van der Waals surface area contributed by atoms with Crippen LogP contribution in [0, 0.1) is 5.82 Å². The van der Waals surface area contributed by atoms with Crippen molar-refractivity contribution in [3.63, 3.8) is 0 Å². The van der Waals surface area contributed by atoms with E-state index in [0.29, 0.717) is 48.6 Å². The number of nitrogens with zero attached hydrogens (tertiary/aromatic N) is 3. The first-order valence-electron chi connectivity index (χ1n) is 10.8. The van der Waals surface area contributed by atoms with Crippen LogP contribution < -0.4 is 5.56 Å². The second-order valence-corrected chi connectivity index (χ2v) is 8.94. The minimum Gasteiger partial charge on any atom is -0.383 e. The molecule has 3 aromatic rings. The summed E-state index contributed by atoms with van der Waals surface area (Å²) in [5.74, 6) is -1.22. The van der Waals surface area contributed by atoms with Gasteiger partial charge < -0.3 is 4.74 Å². The number of rotatable bonds is 6. The number of aromatic nitrogens is 2. The quantitative estimate of drug-likeness (QED) is 0.406. The number of amides is 2. The van der Waals surface area contributed by atoms with E-state index >= 15 is 0 Å². The molecule has 0 bridgehead atoms. The van der Waals surface area contributed by atoms with Crippen molar-refractivity contribution in [1.82, 2.24) is 14.5 Å². The van der Waals surface area contributed by atoms with Crippen LogP contribution in [-0.2, 0) is 16.1 Å². The van der Waals surface area contributed by atoms with Gasteiger partial charge in [-0.1, -0.05) is 30.3 Å². The fourth-order valence-electron chi connectivity index (χ4n) is 3.81. The number of hydrogen-bond donors (Lipinski definition) is 0. The van der Waals surface area contributed by atoms with E-state index in [1.807, 2.05) is 6.07 Å². The van der Waals surface area contributed by atoms with Gasteiger partial charge in [-0.25, -0.2) is 9.37 Å². The second kappa shape index (κ2) is 10.3. The van der Waals surface area contributed by atoms with Gasteiger partial charge in [-0.05, 0) is 49.2 Å². The molecule has 2 aromatic carbocycles. The predicted octanol–water partition coefficient (Wildman–Crippen LogP) is 3.50. The van der Waals surface area contributed by atoms with Gasteiger partial charge in [0.25, 0.3) is 11.5 Å². The highest BCUT2D eigenvalue weighted by atomic mass is 32.2. The number of imide groups is 1. The lowest BCUT2D eigenvalue weighted by molar-refractivity contribution is -0.127. The largest absolute Gasteiger partial charge is 0.383 e. The summed E-state index contributed by atoms with van der Waals surface area (Å²) in [7, 11) is 1.56. The van der Waals surface area contributed by atoms with Gasteiger partial charge >= 0.3 is 0 Å². The normalized spacial score (nSPS) is 16.7. The first-order chi connectivity index (χ1) is 16.0. The van der Waals surface area contributed by atoms with E-state index in [4.69, 9.17) is 4.74 Å². The molecule has 0 radical (unpaired) electrons. The molecule has 0 aliphatic carbocycles.